The van der Waals surface area contributed by atoms with Crippen LogP contribution in [0.15, 0.2) is 23.1 Å². The van der Waals surface area contributed by atoms with Crippen LogP contribution in [0.5, 0.6) is 0 Å². The quantitative estimate of drug-likeness (QED) is 0.750. The molecular formula is C14H24N2O2. The van der Waals surface area contributed by atoms with Gasteiger partial charge in [-0.25, -0.2) is 0 Å². The van der Waals surface area contributed by atoms with Gasteiger partial charge >= 0.3 is 0 Å². The number of carbonyl (C=O) groups is 1. The number of rotatable bonds is 4. The summed E-state index contributed by atoms with van der Waals surface area (Å²) in [5.74, 6) is 1.26. The van der Waals surface area contributed by atoms with Crippen molar-refractivity contribution < 1.29 is 9.53 Å². The standard InChI is InChI=1S/C14H24N2O2/c1-6-11-12(14(17)16-7-9(2)3)8-15-13(11)10(4)18-5/h6,9,12,15H,7-8H2,1-5H3,(H,16,17)/b11-6-,13-10-. The largest absolute Gasteiger partial charge is 0.499 e. The van der Waals surface area contributed by atoms with Crippen molar-refractivity contribution in [1.82, 2.24) is 10.6 Å². The van der Waals surface area contributed by atoms with Crippen molar-refractivity contribution in [3.63, 3.8) is 0 Å². The van der Waals surface area contributed by atoms with Gasteiger partial charge in [-0.15, -0.1) is 0 Å². The molecule has 1 saturated heterocycles. The molecule has 4 nitrogen and oxygen atoms in total. The Morgan fingerprint density at radius 1 is 1.61 bits per heavy atom. The van der Waals surface area contributed by atoms with E-state index in [4.69, 9.17) is 4.74 Å². The molecule has 1 unspecified atom stereocenters. The molecule has 0 saturated carbocycles. The average molecular weight is 252 g/mol. The maximum Gasteiger partial charge on any atom is 0.229 e. The first-order chi connectivity index (χ1) is 8.51. The number of methoxy groups -OCH3 is 1. The molecule has 0 aromatic rings. The van der Waals surface area contributed by atoms with Gasteiger partial charge in [-0.2, -0.15) is 0 Å². The van der Waals surface area contributed by atoms with Crippen molar-refractivity contribution in [2.24, 2.45) is 11.8 Å². The minimum Gasteiger partial charge on any atom is -0.499 e. The van der Waals surface area contributed by atoms with E-state index in [0.717, 1.165) is 17.0 Å². The number of amides is 1. The highest BCUT2D eigenvalue weighted by molar-refractivity contribution is 5.84. The fraction of sp³-hybridized carbons (Fsp3) is 0.643. The third-order valence-corrected chi connectivity index (χ3v) is 3.12. The third-order valence-electron chi connectivity index (χ3n) is 3.12. The molecule has 0 aliphatic carbocycles. The van der Waals surface area contributed by atoms with Gasteiger partial charge in [0.15, 0.2) is 0 Å². The van der Waals surface area contributed by atoms with E-state index in [9.17, 15) is 4.79 Å². The fourth-order valence-electron chi connectivity index (χ4n) is 2.03. The maximum atomic E-state index is 12.1. The number of ether oxygens (including phenoxy) is 1. The van der Waals surface area contributed by atoms with Crippen LogP contribution in [0.25, 0.3) is 0 Å². The molecule has 1 fully saturated rings. The van der Waals surface area contributed by atoms with E-state index < -0.39 is 0 Å². The lowest BCUT2D eigenvalue weighted by atomic mass is 9.99. The summed E-state index contributed by atoms with van der Waals surface area (Å²) in [4.78, 5) is 12.1. The molecule has 2 N–H and O–H groups in total. The highest BCUT2D eigenvalue weighted by Crippen LogP contribution is 2.27. The first-order valence-corrected chi connectivity index (χ1v) is 6.44. The van der Waals surface area contributed by atoms with Crippen molar-refractivity contribution in [2.45, 2.75) is 27.7 Å². The van der Waals surface area contributed by atoms with Gasteiger partial charge < -0.3 is 15.4 Å². The lowest BCUT2D eigenvalue weighted by Crippen LogP contribution is -2.34. The Balaban J connectivity index is 2.78. The Labute approximate surface area is 109 Å². The van der Waals surface area contributed by atoms with Crippen LogP contribution in [0.3, 0.4) is 0 Å². The van der Waals surface area contributed by atoms with Crippen molar-refractivity contribution in [3.05, 3.63) is 23.1 Å². The van der Waals surface area contributed by atoms with Crippen molar-refractivity contribution in [1.29, 1.82) is 0 Å². The number of hydrogen-bond donors (Lipinski definition) is 2. The first-order valence-electron chi connectivity index (χ1n) is 6.44. The van der Waals surface area contributed by atoms with Crippen LogP contribution in [-0.2, 0) is 9.53 Å². The van der Waals surface area contributed by atoms with Crippen molar-refractivity contribution in [3.8, 4) is 0 Å². The summed E-state index contributed by atoms with van der Waals surface area (Å²) >= 11 is 0. The second kappa shape index (κ2) is 6.47. The van der Waals surface area contributed by atoms with E-state index in [-0.39, 0.29) is 11.8 Å². The van der Waals surface area contributed by atoms with Gasteiger partial charge in [-0.3, -0.25) is 4.79 Å². The molecule has 102 valence electrons. The molecule has 1 amide bonds. The molecule has 1 aliphatic rings. The molecular weight excluding hydrogens is 228 g/mol. The minimum absolute atomic E-state index is 0.0863. The van der Waals surface area contributed by atoms with Crippen molar-refractivity contribution >= 4 is 5.91 Å². The van der Waals surface area contributed by atoms with E-state index in [1.807, 2.05) is 19.9 Å². The summed E-state index contributed by atoms with van der Waals surface area (Å²) in [6.45, 7) is 9.39. The molecule has 1 atom stereocenters. The highest BCUT2D eigenvalue weighted by atomic mass is 16.5. The maximum absolute atomic E-state index is 12.1. The molecule has 18 heavy (non-hydrogen) atoms. The van der Waals surface area contributed by atoms with E-state index in [2.05, 4.69) is 24.5 Å². The summed E-state index contributed by atoms with van der Waals surface area (Å²) in [6.07, 6.45) is 1.98. The zero-order valence-corrected chi connectivity index (χ0v) is 12.0. The average Bonchev–Trinajstić information content (AvgIpc) is 2.78. The van der Waals surface area contributed by atoms with Gasteiger partial charge in [0.1, 0.15) is 5.76 Å². The summed E-state index contributed by atoms with van der Waals surface area (Å²) < 4.78 is 5.24. The summed E-state index contributed by atoms with van der Waals surface area (Å²) in [5.41, 5.74) is 1.97. The summed E-state index contributed by atoms with van der Waals surface area (Å²) in [7, 11) is 1.64. The van der Waals surface area contributed by atoms with Gasteiger partial charge in [0.05, 0.1) is 18.7 Å². The SMILES string of the molecule is C/C=C1\C(=C(/C)OC)NCC1C(=O)NCC(C)C. The Hall–Kier alpha value is -1.45. The van der Waals surface area contributed by atoms with Crippen LogP contribution in [0, 0.1) is 11.8 Å². The molecule has 0 spiro atoms. The zero-order valence-electron chi connectivity index (χ0n) is 12.0. The molecule has 0 radical (unpaired) electrons. The van der Waals surface area contributed by atoms with Gasteiger partial charge in [-0.05, 0) is 25.3 Å². The van der Waals surface area contributed by atoms with Crippen LogP contribution >= 0.6 is 0 Å². The Kier molecular flexibility index (Phi) is 5.25. The van der Waals surface area contributed by atoms with Crippen molar-refractivity contribution in [2.75, 3.05) is 20.2 Å². The monoisotopic (exact) mass is 252 g/mol. The van der Waals surface area contributed by atoms with E-state index in [1.54, 1.807) is 7.11 Å². The lowest BCUT2D eigenvalue weighted by Gasteiger charge is -2.13. The fourth-order valence-corrected chi connectivity index (χ4v) is 2.03. The second-order valence-corrected chi connectivity index (χ2v) is 4.95. The first kappa shape index (κ1) is 14.6. The van der Waals surface area contributed by atoms with Gasteiger partial charge in [0.2, 0.25) is 5.91 Å². The number of allylic oxidation sites excluding steroid dienone is 3. The van der Waals surface area contributed by atoms with Gasteiger partial charge in [-0.1, -0.05) is 19.9 Å². The molecule has 0 aromatic heterocycles. The van der Waals surface area contributed by atoms with E-state index in [1.165, 1.54) is 0 Å². The summed E-state index contributed by atoms with van der Waals surface area (Å²) in [6, 6.07) is 0. The van der Waals surface area contributed by atoms with Gasteiger partial charge in [0.25, 0.3) is 0 Å². The van der Waals surface area contributed by atoms with E-state index in [0.29, 0.717) is 19.0 Å². The lowest BCUT2D eigenvalue weighted by molar-refractivity contribution is -0.123. The molecule has 0 bridgehead atoms. The molecule has 4 heteroatoms. The van der Waals surface area contributed by atoms with Crippen LogP contribution in [-0.4, -0.2) is 26.1 Å². The topological polar surface area (TPSA) is 50.4 Å². The molecule has 0 aromatic carbocycles. The molecule has 1 aliphatic heterocycles. The normalized spacial score (nSPS) is 24.1. The Bertz CT molecular complexity index is 370. The van der Waals surface area contributed by atoms with Crippen LogP contribution < -0.4 is 10.6 Å². The summed E-state index contributed by atoms with van der Waals surface area (Å²) in [5, 5.41) is 6.24. The van der Waals surface area contributed by atoms with E-state index >= 15 is 0 Å². The predicted octanol–water partition coefficient (Wildman–Crippen LogP) is 1.80. The number of nitrogens with one attached hydrogen (secondary N) is 2. The Morgan fingerprint density at radius 2 is 2.28 bits per heavy atom. The van der Waals surface area contributed by atoms with Gasteiger partial charge in [0, 0.05) is 13.1 Å². The molecule has 1 rings (SSSR count). The van der Waals surface area contributed by atoms with Crippen LogP contribution in [0.1, 0.15) is 27.7 Å². The highest BCUT2D eigenvalue weighted by Gasteiger charge is 2.31. The number of hydrogen-bond acceptors (Lipinski definition) is 3. The zero-order chi connectivity index (χ0) is 13.7. The van der Waals surface area contributed by atoms with Crippen LogP contribution in [0.2, 0.25) is 0 Å². The third kappa shape index (κ3) is 3.28. The second-order valence-electron chi connectivity index (χ2n) is 4.95. The Morgan fingerprint density at radius 3 is 2.78 bits per heavy atom. The minimum atomic E-state index is -0.117. The predicted molar refractivity (Wildman–Crippen MR) is 72.8 cm³/mol. The van der Waals surface area contributed by atoms with Crippen LogP contribution in [0.4, 0.5) is 0 Å². The smallest absolute Gasteiger partial charge is 0.229 e. The number of carbonyl (C=O) groups excluding carboxylic acids is 1. The molecule has 1 heterocycles.